The van der Waals surface area contributed by atoms with Crippen molar-refractivity contribution in [2.45, 2.75) is 19.3 Å². The zero-order valence-corrected chi connectivity index (χ0v) is 17.3. The van der Waals surface area contributed by atoms with Gasteiger partial charge in [0.05, 0.1) is 10.4 Å². The second-order valence-corrected chi connectivity index (χ2v) is 7.86. The van der Waals surface area contributed by atoms with Crippen molar-refractivity contribution in [3.8, 4) is 11.4 Å². The molecule has 4 aromatic rings. The van der Waals surface area contributed by atoms with E-state index in [0.717, 1.165) is 23.1 Å². The number of hydrogen-bond donors (Lipinski definition) is 2. The molecular formula is C24H18N4O5. The summed E-state index contributed by atoms with van der Waals surface area (Å²) in [5.41, 5.74) is 3.69. The summed E-state index contributed by atoms with van der Waals surface area (Å²) >= 11 is 0. The molecule has 0 atom stereocenters. The number of hydrogen-bond acceptors (Lipinski definition) is 6. The number of nitro benzene ring substituents is 1. The van der Waals surface area contributed by atoms with E-state index >= 15 is 0 Å². The minimum absolute atomic E-state index is 0.114. The molecule has 5 rings (SSSR count). The number of amides is 1. The Labute approximate surface area is 187 Å². The van der Waals surface area contributed by atoms with Gasteiger partial charge in [-0.25, -0.2) is 4.98 Å². The van der Waals surface area contributed by atoms with Gasteiger partial charge in [-0.05, 0) is 60.9 Å². The van der Waals surface area contributed by atoms with E-state index in [1.807, 2.05) is 0 Å². The van der Waals surface area contributed by atoms with Gasteiger partial charge >= 0.3 is 0 Å². The number of nitro groups is 1. The van der Waals surface area contributed by atoms with Crippen LogP contribution in [0.2, 0.25) is 0 Å². The van der Waals surface area contributed by atoms with Gasteiger partial charge in [0.2, 0.25) is 0 Å². The summed E-state index contributed by atoms with van der Waals surface area (Å²) in [6.07, 6.45) is 2.12. The molecule has 0 spiro atoms. The molecule has 164 valence electrons. The van der Waals surface area contributed by atoms with E-state index in [4.69, 9.17) is 0 Å². The Hall–Kier alpha value is -4.53. The van der Waals surface area contributed by atoms with Crippen LogP contribution in [0.15, 0.2) is 60.7 Å². The first kappa shape index (κ1) is 20.4. The highest BCUT2D eigenvalue weighted by molar-refractivity contribution is 6.06. The van der Waals surface area contributed by atoms with Crippen LogP contribution in [0.25, 0.3) is 22.4 Å². The van der Waals surface area contributed by atoms with E-state index in [9.17, 15) is 24.9 Å². The van der Waals surface area contributed by atoms with E-state index in [1.165, 1.54) is 18.2 Å². The Morgan fingerprint density at radius 2 is 1.85 bits per heavy atom. The lowest BCUT2D eigenvalue weighted by atomic mass is 9.89. The average molecular weight is 442 g/mol. The second kappa shape index (κ2) is 7.86. The molecule has 1 amide bonds. The van der Waals surface area contributed by atoms with Crippen LogP contribution in [0, 0.1) is 10.1 Å². The molecule has 1 aliphatic carbocycles. The third-order valence-electron chi connectivity index (χ3n) is 5.74. The van der Waals surface area contributed by atoms with Crippen LogP contribution < -0.4 is 5.32 Å². The first-order chi connectivity index (χ1) is 15.9. The summed E-state index contributed by atoms with van der Waals surface area (Å²) in [7, 11) is 0. The molecule has 9 heteroatoms. The summed E-state index contributed by atoms with van der Waals surface area (Å²) in [4.78, 5) is 39.5. The smallest absolute Gasteiger partial charge is 0.271 e. The fourth-order valence-corrected chi connectivity index (χ4v) is 4.05. The van der Waals surface area contributed by atoms with Crippen molar-refractivity contribution in [3.05, 3.63) is 87.5 Å². The third-order valence-corrected chi connectivity index (χ3v) is 5.74. The van der Waals surface area contributed by atoms with E-state index in [-0.39, 0.29) is 28.7 Å². The van der Waals surface area contributed by atoms with Crippen LogP contribution in [-0.2, 0) is 6.42 Å². The maximum Gasteiger partial charge on any atom is 0.271 e. The number of aryl methyl sites for hydroxylation is 1. The third kappa shape index (κ3) is 3.69. The molecule has 0 unspecified atom stereocenters. The van der Waals surface area contributed by atoms with Gasteiger partial charge in [-0.1, -0.05) is 6.07 Å². The van der Waals surface area contributed by atoms with Crippen molar-refractivity contribution < 1.29 is 19.7 Å². The van der Waals surface area contributed by atoms with Gasteiger partial charge in [0.25, 0.3) is 11.6 Å². The van der Waals surface area contributed by atoms with Crippen molar-refractivity contribution >= 4 is 34.1 Å². The second-order valence-electron chi connectivity index (χ2n) is 7.86. The summed E-state index contributed by atoms with van der Waals surface area (Å²) in [6, 6.07) is 15.9. The van der Waals surface area contributed by atoms with Crippen molar-refractivity contribution in [2.24, 2.45) is 0 Å². The molecule has 3 aromatic carbocycles. The molecule has 2 N–H and O–H groups in total. The SMILES string of the molecule is O=C(Nc1ccc(-c2nc3ccc([N+](=O)[O-])cc3n2O)cc1)c1ccc2c(c1)CCCC2=O. The number of non-ortho nitro benzene ring substituents is 1. The van der Waals surface area contributed by atoms with E-state index in [1.54, 1.807) is 42.5 Å². The van der Waals surface area contributed by atoms with Crippen LogP contribution in [0.4, 0.5) is 11.4 Å². The minimum Gasteiger partial charge on any atom is -0.426 e. The number of carbonyl (C=O) groups excluding carboxylic acids is 2. The maximum atomic E-state index is 12.7. The predicted octanol–water partition coefficient (Wildman–Crippen LogP) is 4.62. The monoisotopic (exact) mass is 442 g/mol. The van der Waals surface area contributed by atoms with Crippen molar-refractivity contribution in [1.29, 1.82) is 0 Å². The lowest BCUT2D eigenvalue weighted by molar-refractivity contribution is -0.384. The average Bonchev–Trinajstić information content (AvgIpc) is 3.15. The number of carbonyl (C=O) groups is 2. The number of imidazole rings is 1. The number of fused-ring (bicyclic) bond motifs is 2. The molecule has 0 saturated heterocycles. The van der Waals surface area contributed by atoms with Gasteiger partial charge in [-0.2, -0.15) is 4.73 Å². The van der Waals surface area contributed by atoms with Gasteiger partial charge in [0.15, 0.2) is 11.6 Å². The lowest BCUT2D eigenvalue weighted by Gasteiger charge is -2.15. The number of anilines is 1. The van der Waals surface area contributed by atoms with Gasteiger partial charge in [-0.3, -0.25) is 19.7 Å². The van der Waals surface area contributed by atoms with E-state index in [2.05, 4.69) is 10.3 Å². The van der Waals surface area contributed by atoms with E-state index in [0.29, 0.717) is 34.3 Å². The Balaban J connectivity index is 1.37. The van der Waals surface area contributed by atoms with Crippen molar-refractivity contribution in [1.82, 2.24) is 9.71 Å². The molecule has 9 nitrogen and oxygen atoms in total. The Bertz CT molecular complexity index is 1440. The zero-order chi connectivity index (χ0) is 23.1. The number of aromatic nitrogens is 2. The molecule has 0 radical (unpaired) electrons. The van der Waals surface area contributed by atoms with Crippen LogP contribution in [0.3, 0.4) is 0 Å². The molecule has 33 heavy (non-hydrogen) atoms. The standard InChI is InChI=1S/C24H18N4O5/c29-22-3-1-2-15-12-16(6-10-19(15)22)24(30)25-17-7-4-14(5-8-17)23-26-20-11-9-18(28(32)33)13-21(20)27(23)31/h4-13,31H,1-3H2,(H,25,30). The molecule has 1 heterocycles. The van der Waals surface area contributed by atoms with Crippen LogP contribution in [0.5, 0.6) is 0 Å². The van der Waals surface area contributed by atoms with Crippen molar-refractivity contribution in [2.75, 3.05) is 5.32 Å². The quantitative estimate of drug-likeness (QED) is 0.270. The zero-order valence-electron chi connectivity index (χ0n) is 17.3. The van der Waals surface area contributed by atoms with E-state index < -0.39 is 4.92 Å². The Morgan fingerprint density at radius 3 is 2.61 bits per heavy atom. The van der Waals surface area contributed by atoms with Gasteiger partial charge in [0, 0.05) is 40.9 Å². The number of ketones is 1. The first-order valence-corrected chi connectivity index (χ1v) is 10.3. The van der Waals surface area contributed by atoms with Gasteiger partial charge < -0.3 is 10.5 Å². The lowest BCUT2D eigenvalue weighted by Crippen LogP contribution is -2.15. The number of nitrogens with one attached hydrogen (secondary N) is 1. The normalized spacial score (nSPS) is 13.0. The van der Waals surface area contributed by atoms with Crippen LogP contribution >= 0.6 is 0 Å². The minimum atomic E-state index is -0.538. The molecule has 0 fully saturated rings. The summed E-state index contributed by atoms with van der Waals surface area (Å²) in [6.45, 7) is 0. The molecule has 1 aromatic heterocycles. The van der Waals surface area contributed by atoms with Crippen LogP contribution in [0.1, 0.15) is 39.1 Å². The van der Waals surface area contributed by atoms with Crippen LogP contribution in [-0.4, -0.2) is 31.5 Å². The molecule has 0 saturated carbocycles. The molecule has 0 bridgehead atoms. The first-order valence-electron chi connectivity index (χ1n) is 10.3. The highest BCUT2D eigenvalue weighted by Gasteiger charge is 2.19. The maximum absolute atomic E-state index is 12.7. The van der Waals surface area contributed by atoms with Gasteiger partial charge in [0.1, 0.15) is 5.52 Å². The number of benzene rings is 3. The summed E-state index contributed by atoms with van der Waals surface area (Å²) in [5.74, 6) is 0.0521. The molecule has 0 aliphatic heterocycles. The highest BCUT2D eigenvalue weighted by Crippen LogP contribution is 2.28. The fraction of sp³-hybridized carbons (Fsp3) is 0.125. The number of rotatable bonds is 4. The highest BCUT2D eigenvalue weighted by atomic mass is 16.6. The predicted molar refractivity (Wildman–Crippen MR) is 121 cm³/mol. The fourth-order valence-electron chi connectivity index (χ4n) is 4.05. The Kier molecular flexibility index (Phi) is 4.86. The number of nitrogens with zero attached hydrogens (tertiary/aromatic N) is 3. The molecular weight excluding hydrogens is 424 g/mol. The topological polar surface area (TPSA) is 127 Å². The summed E-state index contributed by atoms with van der Waals surface area (Å²) < 4.78 is 0.810. The largest absolute Gasteiger partial charge is 0.426 e. The number of Topliss-reactive ketones (excluding diaryl/α,β-unsaturated/α-hetero) is 1. The summed E-state index contributed by atoms with van der Waals surface area (Å²) in [5, 5.41) is 24.3. The molecule has 1 aliphatic rings. The van der Waals surface area contributed by atoms with Crippen molar-refractivity contribution in [3.63, 3.8) is 0 Å². The Morgan fingerprint density at radius 1 is 1.06 bits per heavy atom. The van der Waals surface area contributed by atoms with Gasteiger partial charge in [-0.15, -0.1) is 0 Å².